The Labute approximate surface area is 124 Å². The van der Waals surface area contributed by atoms with Crippen molar-refractivity contribution >= 4 is 17.2 Å². The normalized spacial score (nSPS) is 21.1. The number of nitrogens with zero attached hydrogens (tertiary/aromatic N) is 2. The molecule has 0 aromatic carbocycles. The highest BCUT2D eigenvalue weighted by Gasteiger charge is 2.30. The van der Waals surface area contributed by atoms with Crippen LogP contribution in [0.3, 0.4) is 0 Å². The van der Waals surface area contributed by atoms with Crippen LogP contribution in [0.15, 0.2) is 5.38 Å². The first-order valence-electron chi connectivity index (χ1n) is 7.62. The van der Waals surface area contributed by atoms with Crippen LogP contribution in [0.2, 0.25) is 0 Å². The van der Waals surface area contributed by atoms with Crippen molar-refractivity contribution in [2.24, 2.45) is 11.8 Å². The maximum Gasteiger partial charge on any atom is 0.223 e. The van der Waals surface area contributed by atoms with Gasteiger partial charge in [0.15, 0.2) is 0 Å². The van der Waals surface area contributed by atoms with Gasteiger partial charge in [0, 0.05) is 23.5 Å². The van der Waals surface area contributed by atoms with E-state index in [1.54, 1.807) is 11.3 Å². The van der Waals surface area contributed by atoms with E-state index < -0.39 is 0 Å². The molecule has 1 saturated carbocycles. The zero-order valence-corrected chi connectivity index (χ0v) is 12.9. The van der Waals surface area contributed by atoms with E-state index in [0.717, 1.165) is 44.7 Å². The van der Waals surface area contributed by atoms with Gasteiger partial charge >= 0.3 is 0 Å². The molecule has 110 valence electrons. The third-order valence-corrected chi connectivity index (χ3v) is 5.20. The summed E-state index contributed by atoms with van der Waals surface area (Å²) in [5.74, 6) is 1.28. The summed E-state index contributed by atoms with van der Waals surface area (Å²) < 4.78 is 0. The van der Waals surface area contributed by atoms with Crippen LogP contribution in [0, 0.1) is 18.8 Å². The average Bonchev–Trinajstić information content (AvgIpc) is 3.22. The molecule has 0 radical (unpaired) electrons. The Morgan fingerprint density at radius 3 is 2.75 bits per heavy atom. The van der Waals surface area contributed by atoms with Gasteiger partial charge < -0.3 is 5.32 Å². The number of hydrogen-bond donors (Lipinski definition) is 1. The van der Waals surface area contributed by atoms with E-state index in [4.69, 9.17) is 0 Å². The van der Waals surface area contributed by atoms with Gasteiger partial charge in [-0.25, -0.2) is 4.98 Å². The zero-order valence-electron chi connectivity index (χ0n) is 12.1. The molecule has 0 atom stereocenters. The van der Waals surface area contributed by atoms with Crippen molar-refractivity contribution in [1.29, 1.82) is 0 Å². The molecule has 2 heterocycles. The number of aryl methyl sites for hydroxylation is 1. The van der Waals surface area contributed by atoms with Crippen molar-refractivity contribution in [1.82, 2.24) is 15.2 Å². The SMILES string of the molecule is Cc1csc(CN2CCC(CNC(=O)C3CC3)CC2)n1. The molecule has 1 amide bonds. The lowest BCUT2D eigenvalue weighted by Gasteiger charge is -2.31. The third kappa shape index (κ3) is 3.79. The van der Waals surface area contributed by atoms with E-state index >= 15 is 0 Å². The highest BCUT2D eigenvalue weighted by Crippen LogP contribution is 2.29. The Morgan fingerprint density at radius 2 is 2.15 bits per heavy atom. The first kappa shape index (κ1) is 14.0. The number of thiazole rings is 1. The number of hydrogen-bond acceptors (Lipinski definition) is 4. The molecule has 1 aliphatic carbocycles. The minimum absolute atomic E-state index is 0.283. The standard InChI is InChI=1S/C15H23N3OS/c1-11-10-20-14(17-11)9-18-6-4-12(5-7-18)8-16-15(19)13-2-3-13/h10,12-13H,2-9H2,1H3,(H,16,19). The molecular weight excluding hydrogens is 270 g/mol. The van der Waals surface area contributed by atoms with Gasteiger partial charge in [0.2, 0.25) is 5.91 Å². The van der Waals surface area contributed by atoms with Gasteiger partial charge in [-0.05, 0) is 51.6 Å². The summed E-state index contributed by atoms with van der Waals surface area (Å²) in [6, 6.07) is 0. The molecule has 1 N–H and O–H groups in total. The molecule has 0 bridgehead atoms. The molecule has 5 heteroatoms. The average molecular weight is 293 g/mol. The van der Waals surface area contributed by atoms with Crippen molar-refractivity contribution in [2.45, 2.75) is 39.2 Å². The van der Waals surface area contributed by atoms with Crippen molar-refractivity contribution < 1.29 is 4.79 Å². The monoisotopic (exact) mass is 293 g/mol. The van der Waals surface area contributed by atoms with Gasteiger partial charge in [0.05, 0.1) is 6.54 Å². The summed E-state index contributed by atoms with van der Waals surface area (Å²) in [5.41, 5.74) is 1.13. The number of nitrogens with one attached hydrogen (secondary N) is 1. The van der Waals surface area contributed by atoms with Crippen LogP contribution in [0.4, 0.5) is 0 Å². The third-order valence-electron chi connectivity index (χ3n) is 4.25. The van der Waals surface area contributed by atoms with E-state index in [0.29, 0.717) is 11.8 Å². The second kappa shape index (κ2) is 6.22. The molecule has 1 aromatic heterocycles. The second-order valence-corrected chi connectivity index (χ2v) is 7.06. The molecule has 0 spiro atoms. The highest BCUT2D eigenvalue weighted by molar-refractivity contribution is 7.09. The number of aromatic nitrogens is 1. The molecule has 20 heavy (non-hydrogen) atoms. The Morgan fingerprint density at radius 1 is 1.40 bits per heavy atom. The summed E-state index contributed by atoms with van der Waals surface area (Å²) in [4.78, 5) is 18.6. The fraction of sp³-hybridized carbons (Fsp3) is 0.733. The van der Waals surface area contributed by atoms with E-state index in [1.165, 1.54) is 17.8 Å². The highest BCUT2D eigenvalue weighted by atomic mass is 32.1. The van der Waals surface area contributed by atoms with Gasteiger partial charge in [0.1, 0.15) is 5.01 Å². The number of carbonyl (C=O) groups excluding carboxylic acids is 1. The Bertz CT molecular complexity index is 461. The largest absolute Gasteiger partial charge is 0.356 e. The molecule has 2 aliphatic rings. The van der Waals surface area contributed by atoms with Crippen LogP contribution >= 0.6 is 11.3 Å². The molecule has 3 rings (SSSR count). The minimum atomic E-state index is 0.283. The summed E-state index contributed by atoms with van der Waals surface area (Å²) in [7, 11) is 0. The van der Waals surface area contributed by atoms with E-state index in [9.17, 15) is 4.79 Å². The van der Waals surface area contributed by atoms with Crippen LogP contribution in [0.25, 0.3) is 0 Å². The molecule has 4 nitrogen and oxygen atoms in total. The van der Waals surface area contributed by atoms with Crippen LogP contribution in [-0.2, 0) is 11.3 Å². The fourth-order valence-corrected chi connectivity index (χ4v) is 3.56. The Balaban J connectivity index is 1.37. The van der Waals surface area contributed by atoms with Crippen molar-refractivity contribution in [2.75, 3.05) is 19.6 Å². The molecule has 1 aliphatic heterocycles. The number of amides is 1. The molecule has 2 fully saturated rings. The number of rotatable bonds is 5. The maximum atomic E-state index is 11.6. The lowest BCUT2D eigenvalue weighted by molar-refractivity contribution is -0.122. The predicted octanol–water partition coefficient (Wildman–Crippen LogP) is 2.19. The van der Waals surface area contributed by atoms with Gasteiger partial charge in [-0.1, -0.05) is 0 Å². The van der Waals surface area contributed by atoms with Gasteiger partial charge in [-0.2, -0.15) is 0 Å². The topological polar surface area (TPSA) is 45.2 Å². The first-order chi connectivity index (χ1) is 9.70. The lowest BCUT2D eigenvalue weighted by atomic mass is 9.97. The minimum Gasteiger partial charge on any atom is -0.356 e. The Kier molecular flexibility index (Phi) is 4.36. The van der Waals surface area contributed by atoms with Crippen molar-refractivity contribution in [3.63, 3.8) is 0 Å². The lowest BCUT2D eigenvalue weighted by Crippen LogP contribution is -2.38. The van der Waals surface area contributed by atoms with Gasteiger partial charge in [0.25, 0.3) is 0 Å². The maximum absolute atomic E-state index is 11.6. The quantitative estimate of drug-likeness (QED) is 0.905. The molecular formula is C15H23N3OS. The van der Waals surface area contributed by atoms with Gasteiger partial charge in [-0.3, -0.25) is 9.69 Å². The molecule has 1 aromatic rings. The summed E-state index contributed by atoms with van der Waals surface area (Å²) in [6.45, 7) is 6.17. The fourth-order valence-electron chi connectivity index (χ4n) is 2.75. The second-order valence-electron chi connectivity index (χ2n) is 6.12. The molecule has 1 saturated heterocycles. The predicted molar refractivity (Wildman–Crippen MR) is 80.6 cm³/mol. The smallest absolute Gasteiger partial charge is 0.223 e. The van der Waals surface area contributed by atoms with Crippen LogP contribution < -0.4 is 5.32 Å². The molecule has 0 unspecified atom stereocenters. The number of carbonyl (C=O) groups is 1. The summed E-state index contributed by atoms with van der Waals surface area (Å²) in [6.07, 6.45) is 4.57. The van der Waals surface area contributed by atoms with E-state index in [2.05, 4.69) is 27.5 Å². The Hall–Kier alpha value is -0.940. The number of piperidine rings is 1. The first-order valence-corrected chi connectivity index (χ1v) is 8.50. The van der Waals surface area contributed by atoms with Crippen LogP contribution in [0.1, 0.15) is 36.4 Å². The van der Waals surface area contributed by atoms with E-state index in [1.807, 2.05) is 0 Å². The zero-order chi connectivity index (χ0) is 13.9. The van der Waals surface area contributed by atoms with Gasteiger partial charge in [-0.15, -0.1) is 11.3 Å². The van der Waals surface area contributed by atoms with Crippen molar-refractivity contribution in [3.05, 3.63) is 16.1 Å². The summed E-state index contributed by atoms with van der Waals surface area (Å²) >= 11 is 1.76. The van der Waals surface area contributed by atoms with E-state index in [-0.39, 0.29) is 5.91 Å². The van der Waals surface area contributed by atoms with Crippen LogP contribution in [0.5, 0.6) is 0 Å². The number of likely N-dealkylation sites (tertiary alicyclic amines) is 1. The van der Waals surface area contributed by atoms with Crippen molar-refractivity contribution in [3.8, 4) is 0 Å². The summed E-state index contributed by atoms with van der Waals surface area (Å²) in [5, 5.41) is 6.46. The van der Waals surface area contributed by atoms with Crippen LogP contribution in [-0.4, -0.2) is 35.4 Å².